The first-order valence-corrected chi connectivity index (χ1v) is 10.6. The molecule has 0 unspecified atom stereocenters. The van der Waals surface area contributed by atoms with Crippen molar-refractivity contribution < 1.29 is 23.5 Å². The maximum absolute atomic E-state index is 13.7. The molecule has 0 saturated carbocycles. The standard InChI is InChI=1S/C15H22BrFO4Si/c1-15(2,3)22(4,5)20-9-13(14(18)19)21-12-8-10(16)6-7-11(12)17/h6-8,13H,9H2,1-5H3,(H,18,19)/t13-/m0/s1. The SMILES string of the molecule is CC(C)(C)[Si](C)(C)OC[C@H](Oc1cc(Br)ccc1F)C(=O)O. The van der Waals surface area contributed by atoms with Crippen molar-refractivity contribution in [3.05, 3.63) is 28.5 Å². The van der Waals surface area contributed by atoms with Crippen LogP contribution in [0.15, 0.2) is 22.7 Å². The molecule has 0 aliphatic heterocycles. The van der Waals surface area contributed by atoms with Crippen LogP contribution in [-0.2, 0) is 9.22 Å². The van der Waals surface area contributed by atoms with E-state index in [4.69, 9.17) is 9.16 Å². The molecule has 1 N–H and O–H groups in total. The Labute approximate surface area is 139 Å². The Morgan fingerprint density at radius 2 is 2.00 bits per heavy atom. The first kappa shape index (κ1) is 19.1. The van der Waals surface area contributed by atoms with Crippen molar-refractivity contribution in [2.75, 3.05) is 6.61 Å². The monoisotopic (exact) mass is 392 g/mol. The van der Waals surface area contributed by atoms with Gasteiger partial charge in [-0.2, -0.15) is 0 Å². The predicted octanol–water partition coefficient (Wildman–Crippen LogP) is 4.44. The van der Waals surface area contributed by atoms with Gasteiger partial charge in [0.15, 0.2) is 19.9 Å². The quantitative estimate of drug-likeness (QED) is 0.726. The van der Waals surface area contributed by atoms with Crippen LogP contribution in [-0.4, -0.2) is 32.1 Å². The average molecular weight is 393 g/mol. The summed E-state index contributed by atoms with van der Waals surface area (Å²) < 4.78 is 25.4. The van der Waals surface area contributed by atoms with Crippen LogP contribution in [0, 0.1) is 5.82 Å². The smallest absolute Gasteiger partial charge is 0.347 e. The molecule has 0 saturated heterocycles. The van der Waals surface area contributed by atoms with Crippen LogP contribution in [0.4, 0.5) is 4.39 Å². The Hall–Kier alpha value is -0.923. The van der Waals surface area contributed by atoms with E-state index in [-0.39, 0.29) is 17.4 Å². The van der Waals surface area contributed by atoms with Gasteiger partial charge >= 0.3 is 5.97 Å². The second-order valence-electron chi connectivity index (χ2n) is 6.59. The highest BCUT2D eigenvalue weighted by Crippen LogP contribution is 2.36. The highest BCUT2D eigenvalue weighted by Gasteiger charge is 2.38. The summed E-state index contributed by atoms with van der Waals surface area (Å²) in [6.45, 7) is 10.1. The molecule has 1 atom stereocenters. The van der Waals surface area contributed by atoms with Gasteiger partial charge in [0.1, 0.15) is 0 Å². The van der Waals surface area contributed by atoms with Crippen LogP contribution in [0.25, 0.3) is 0 Å². The Bertz CT molecular complexity index is 543. The lowest BCUT2D eigenvalue weighted by atomic mass is 10.2. The van der Waals surface area contributed by atoms with Gasteiger partial charge in [0, 0.05) is 4.47 Å². The molecule has 124 valence electrons. The fraction of sp³-hybridized carbons (Fsp3) is 0.533. The summed E-state index contributed by atoms with van der Waals surface area (Å²) in [4.78, 5) is 11.3. The van der Waals surface area contributed by atoms with E-state index in [1.165, 1.54) is 18.2 Å². The number of hydrogen-bond acceptors (Lipinski definition) is 3. The molecular formula is C15H22BrFO4Si. The summed E-state index contributed by atoms with van der Waals surface area (Å²) in [7, 11) is -2.10. The predicted molar refractivity (Wildman–Crippen MR) is 89.3 cm³/mol. The third kappa shape index (κ3) is 5.07. The van der Waals surface area contributed by atoms with Crippen molar-refractivity contribution >= 4 is 30.2 Å². The third-order valence-electron chi connectivity index (χ3n) is 3.84. The minimum atomic E-state index is -2.10. The summed E-state index contributed by atoms with van der Waals surface area (Å²) in [6, 6.07) is 4.13. The molecule has 0 bridgehead atoms. The van der Waals surface area contributed by atoms with Crippen LogP contribution in [0.5, 0.6) is 5.75 Å². The fourth-order valence-electron chi connectivity index (χ4n) is 1.38. The van der Waals surface area contributed by atoms with Gasteiger partial charge in [-0.1, -0.05) is 36.7 Å². The molecule has 7 heteroatoms. The minimum absolute atomic E-state index is 0.0446. The molecule has 0 heterocycles. The normalized spacial score (nSPS) is 13.8. The van der Waals surface area contributed by atoms with E-state index in [0.717, 1.165) is 0 Å². The van der Waals surface area contributed by atoms with Crippen molar-refractivity contribution in [3.63, 3.8) is 0 Å². The molecule has 1 rings (SSSR count). The maximum atomic E-state index is 13.7. The van der Waals surface area contributed by atoms with E-state index in [2.05, 4.69) is 36.7 Å². The van der Waals surface area contributed by atoms with Gasteiger partial charge in [-0.3, -0.25) is 0 Å². The Kier molecular flexibility index (Phi) is 6.17. The summed E-state index contributed by atoms with van der Waals surface area (Å²) in [5.41, 5.74) is 0. The van der Waals surface area contributed by atoms with E-state index < -0.39 is 26.2 Å². The molecule has 1 aromatic rings. The molecule has 0 aliphatic carbocycles. The van der Waals surface area contributed by atoms with E-state index in [9.17, 15) is 14.3 Å². The summed E-state index contributed by atoms with van der Waals surface area (Å²) >= 11 is 3.20. The number of ether oxygens (including phenoxy) is 1. The van der Waals surface area contributed by atoms with Gasteiger partial charge in [0.2, 0.25) is 6.10 Å². The molecular weight excluding hydrogens is 371 g/mol. The number of rotatable bonds is 6. The molecule has 1 aromatic carbocycles. The number of carboxylic acids is 1. The zero-order chi connectivity index (χ0) is 17.1. The van der Waals surface area contributed by atoms with Gasteiger partial charge in [-0.05, 0) is 36.3 Å². The molecule has 0 amide bonds. The van der Waals surface area contributed by atoms with Crippen molar-refractivity contribution in [2.45, 2.75) is 45.0 Å². The van der Waals surface area contributed by atoms with Crippen LogP contribution >= 0.6 is 15.9 Å². The highest BCUT2D eigenvalue weighted by molar-refractivity contribution is 9.10. The van der Waals surface area contributed by atoms with Gasteiger partial charge < -0.3 is 14.3 Å². The van der Waals surface area contributed by atoms with Gasteiger partial charge in [-0.15, -0.1) is 0 Å². The molecule has 0 spiro atoms. The van der Waals surface area contributed by atoms with Crippen LogP contribution < -0.4 is 4.74 Å². The summed E-state index contributed by atoms with van der Waals surface area (Å²) in [6.07, 6.45) is -1.25. The maximum Gasteiger partial charge on any atom is 0.347 e. The molecule has 0 aromatic heterocycles. The third-order valence-corrected chi connectivity index (χ3v) is 8.83. The summed E-state index contributed by atoms with van der Waals surface area (Å²) in [5.74, 6) is -1.90. The van der Waals surface area contributed by atoms with Crippen LogP contribution in [0.1, 0.15) is 20.8 Å². The van der Waals surface area contributed by atoms with E-state index in [0.29, 0.717) is 4.47 Å². The van der Waals surface area contributed by atoms with Crippen molar-refractivity contribution in [1.82, 2.24) is 0 Å². The molecule has 0 fully saturated rings. The van der Waals surface area contributed by atoms with Crippen molar-refractivity contribution in [1.29, 1.82) is 0 Å². The number of halogens is 2. The van der Waals surface area contributed by atoms with Crippen molar-refractivity contribution in [3.8, 4) is 5.75 Å². The number of hydrogen-bond donors (Lipinski definition) is 1. The number of benzene rings is 1. The van der Waals surface area contributed by atoms with Crippen LogP contribution in [0.3, 0.4) is 0 Å². The number of aliphatic carboxylic acids is 1. The highest BCUT2D eigenvalue weighted by atomic mass is 79.9. The second-order valence-corrected chi connectivity index (χ2v) is 12.3. The Balaban J connectivity index is 2.83. The zero-order valence-corrected chi connectivity index (χ0v) is 16.0. The molecule has 22 heavy (non-hydrogen) atoms. The number of carboxylic acid groups (broad SMARTS) is 1. The topological polar surface area (TPSA) is 55.8 Å². The molecule has 0 radical (unpaired) electrons. The Morgan fingerprint density at radius 1 is 1.41 bits per heavy atom. The Morgan fingerprint density at radius 3 is 2.50 bits per heavy atom. The van der Waals surface area contributed by atoms with Gasteiger partial charge in [0.25, 0.3) is 0 Å². The van der Waals surface area contributed by atoms with E-state index in [1.807, 2.05) is 13.1 Å². The first-order chi connectivity index (χ1) is 9.94. The molecule has 0 aliphatic rings. The lowest BCUT2D eigenvalue weighted by molar-refractivity contribution is -0.146. The van der Waals surface area contributed by atoms with Crippen molar-refractivity contribution in [2.24, 2.45) is 0 Å². The van der Waals surface area contributed by atoms with Gasteiger partial charge in [-0.25, -0.2) is 9.18 Å². The average Bonchev–Trinajstić information content (AvgIpc) is 2.36. The summed E-state index contributed by atoms with van der Waals surface area (Å²) in [5, 5.41) is 9.23. The molecule has 4 nitrogen and oxygen atoms in total. The van der Waals surface area contributed by atoms with E-state index in [1.54, 1.807) is 0 Å². The van der Waals surface area contributed by atoms with E-state index >= 15 is 0 Å². The van der Waals surface area contributed by atoms with Crippen LogP contribution in [0.2, 0.25) is 18.1 Å². The fourth-order valence-corrected chi connectivity index (χ4v) is 2.72. The first-order valence-electron chi connectivity index (χ1n) is 6.92. The largest absolute Gasteiger partial charge is 0.478 e. The lowest BCUT2D eigenvalue weighted by Crippen LogP contribution is -2.45. The minimum Gasteiger partial charge on any atom is -0.478 e. The second kappa shape index (κ2) is 7.10. The lowest BCUT2D eigenvalue weighted by Gasteiger charge is -2.36. The van der Waals surface area contributed by atoms with Gasteiger partial charge in [0.05, 0.1) is 6.61 Å². The number of carbonyl (C=O) groups is 1. The zero-order valence-electron chi connectivity index (χ0n) is 13.4.